The average molecular weight is 282 g/mol. The minimum Gasteiger partial charge on any atom is -0.369 e. The number of hydrogen-bond donors (Lipinski definition) is 1. The molecule has 1 aliphatic rings. The first-order chi connectivity index (χ1) is 8.65. The maximum Gasteiger partial charge on any atom is 0.138 e. The van der Waals surface area contributed by atoms with Crippen molar-refractivity contribution in [2.24, 2.45) is 5.92 Å². The van der Waals surface area contributed by atoms with Crippen molar-refractivity contribution < 1.29 is 0 Å². The Morgan fingerprint density at radius 1 is 1.39 bits per heavy atom. The zero-order chi connectivity index (χ0) is 12.7. The molecule has 18 heavy (non-hydrogen) atoms. The number of aromatic nitrogens is 2. The maximum atomic E-state index is 6.00. The van der Waals surface area contributed by atoms with Crippen LogP contribution in [0.1, 0.15) is 23.3 Å². The standard InChI is InChI=1S/C13H16ClN3S/c1-7-8(2)18-13-11(7)12(16-6-17-13)15-5-9-3-10(14)4-9/h6,9-10H,3-5H2,1-2H3,(H,15,16,17). The monoisotopic (exact) mass is 281 g/mol. The molecule has 2 heterocycles. The number of halogens is 1. The largest absolute Gasteiger partial charge is 0.369 e. The summed E-state index contributed by atoms with van der Waals surface area (Å²) in [4.78, 5) is 11.1. The maximum absolute atomic E-state index is 6.00. The molecule has 1 N–H and O–H groups in total. The normalized spacial score (nSPS) is 23.1. The molecule has 3 rings (SSSR count). The predicted molar refractivity (Wildman–Crippen MR) is 77.7 cm³/mol. The molecule has 5 heteroatoms. The van der Waals surface area contributed by atoms with Gasteiger partial charge in [0.15, 0.2) is 0 Å². The van der Waals surface area contributed by atoms with Crippen molar-refractivity contribution in [2.45, 2.75) is 32.1 Å². The summed E-state index contributed by atoms with van der Waals surface area (Å²) in [7, 11) is 0. The summed E-state index contributed by atoms with van der Waals surface area (Å²) < 4.78 is 0. The van der Waals surface area contributed by atoms with E-state index in [9.17, 15) is 0 Å². The Balaban J connectivity index is 1.83. The van der Waals surface area contributed by atoms with Gasteiger partial charge in [0.25, 0.3) is 0 Å². The van der Waals surface area contributed by atoms with Crippen molar-refractivity contribution in [3.63, 3.8) is 0 Å². The topological polar surface area (TPSA) is 37.8 Å². The van der Waals surface area contributed by atoms with Gasteiger partial charge in [0.1, 0.15) is 17.0 Å². The molecule has 1 fully saturated rings. The predicted octanol–water partition coefficient (Wildman–Crippen LogP) is 3.74. The van der Waals surface area contributed by atoms with E-state index in [1.54, 1.807) is 17.7 Å². The van der Waals surface area contributed by atoms with Gasteiger partial charge in [0.2, 0.25) is 0 Å². The quantitative estimate of drug-likeness (QED) is 0.871. The Morgan fingerprint density at radius 2 is 2.17 bits per heavy atom. The SMILES string of the molecule is Cc1sc2ncnc(NCC3CC(Cl)C3)c2c1C. The molecule has 0 atom stereocenters. The zero-order valence-corrected chi connectivity index (χ0v) is 12.1. The van der Waals surface area contributed by atoms with Crippen molar-refractivity contribution in [1.82, 2.24) is 9.97 Å². The summed E-state index contributed by atoms with van der Waals surface area (Å²) in [5.74, 6) is 1.66. The van der Waals surface area contributed by atoms with Crippen molar-refractivity contribution in [1.29, 1.82) is 0 Å². The third-order valence-corrected chi connectivity index (χ3v) is 5.17. The van der Waals surface area contributed by atoms with Crippen LogP contribution in [-0.4, -0.2) is 21.9 Å². The van der Waals surface area contributed by atoms with Crippen LogP contribution < -0.4 is 5.32 Å². The smallest absolute Gasteiger partial charge is 0.138 e. The Bertz CT molecular complexity index is 575. The van der Waals surface area contributed by atoms with Gasteiger partial charge < -0.3 is 5.32 Å². The minimum atomic E-state index is 0.382. The van der Waals surface area contributed by atoms with E-state index in [0.717, 1.165) is 30.0 Å². The van der Waals surface area contributed by atoms with E-state index >= 15 is 0 Å². The number of nitrogens with zero attached hydrogens (tertiary/aromatic N) is 2. The van der Waals surface area contributed by atoms with Crippen LogP contribution in [0.3, 0.4) is 0 Å². The van der Waals surface area contributed by atoms with Gasteiger partial charge >= 0.3 is 0 Å². The third-order valence-electron chi connectivity index (χ3n) is 3.70. The molecule has 0 unspecified atom stereocenters. The van der Waals surface area contributed by atoms with Crippen molar-refractivity contribution in [2.75, 3.05) is 11.9 Å². The van der Waals surface area contributed by atoms with E-state index in [4.69, 9.17) is 11.6 Å². The van der Waals surface area contributed by atoms with Crippen molar-refractivity contribution >= 4 is 39.0 Å². The van der Waals surface area contributed by atoms with Crippen LogP contribution in [0.5, 0.6) is 0 Å². The molecule has 0 bridgehead atoms. The number of rotatable bonds is 3. The first kappa shape index (κ1) is 12.2. The highest BCUT2D eigenvalue weighted by Gasteiger charge is 2.27. The van der Waals surface area contributed by atoms with Gasteiger partial charge in [-0.25, -0.2) is 9.97 Å². The molecular weight excluding hydrogens is 266 g/mol. The number of anilines is 1. The van der Waals surface area contributed by atoms with E-state index < -0.39 is 0 Å². The van der Waals surface area contributed by atoms with Gasteiger partial charge in [0.05, 0.1) is 5.39 Å². The lowest BCUT2D eigenvalue weighted by Crippen LogP contribution is -2.30. The molecule has 1 aliphatic carbocycles. The van der Waals surface area contributed by atoms with Gasteiger partial charge in [-0.1, -0.05) is 0 Å². The minimum absolute atomic E-state index is 0.382. The van der Waals surface area contributed by atoms with Gasteiger partial charge in [-0.3, -0.25) is 0 Å². The van der Waals surface area contributed by atoms with Gasteiger partial charge in [-0.05, 0) is 38.2 Å². The van der Waals surface area contributed by atoms with Crippen LogP contribution in [0.15, 0.2) is 6.33 Å². The number of nitrogens with one attached hydrogen (secondary N) is 1. The summed E-state index contributed by atoms with van der Waals surface area (Å²) >= 11 is 7.73. The van der Waals surface area contributed by atoms with Crippen molar-refractivity contribution in [3.05, 3.63) is 16.8 Å². The molecule has 1 saturated carbocycles. The summed E-state index contributed by atoms with van der Waals surface area (Å²) in [6.07, 6.45) is 3.88. The molecule has 0 aromatic carbocycles. The number of aryl methyl sites for hydroxylation is 2. The molecule has 3 nitrogen and oxygen atoms in total. The molecule has 0 aliphatic heterocycles. The molecule has 0 spiro atoms. The Morgan fingerprint density at radius 3 is 2.89 bits per heavy atom. The second-order valence-electron chi connectivity index (χ2n) is 5.00. The molecule has 0 radical (unpaired) electrons. The first-order valence-electron chi connectivity index (χ1n) is 6.23. The highest BCUT2D eigenvalue weighted by Crippen LogP contribution is 2.34. The lowest BCUT2D eigenvalue weighted by molar-refractivity contribution is 0.341. The number of fused-ring (bicyclic) bond motifs is 1. The first-order valence-corrected chi connectivity index (χ1v) is 7.49. The highest BCUT2D eigenvalue weighted by atomic mass is 35.5. The lowest BCUT2D eigenvalue weighted by Gasteiger charge is -2.31. The summed E-state index contributed by atoms with van der Waals surface area (Å²) in [5.41, 5.74) is 1.29. The summed E-state index contributed by atoms with van der Waals surface area (Å²) in [5, 5.41) is 5.03. The molecular formula is C13H16ClN3S. The average Bonchev–Trinajstić information content (AvgIpc) is 2.60. The van der Waals surface area contributed by atoms with E-state index in [0.29, 0.717) is 11.3 Å². The molecule has 0 amide bonds. The fraction of sp³-hybridized carbons (Fsp3) is 0.538. The van der Waals surface area contributed by atoms with E-state index in [2.05, 4.69) is 29.1 Å². The van der Waals surface area contributed by atoms with Gasteiger partial charge in [-0.2, -0.15) is 0 Å². The molecule has 2 aromatic heterocycles. The number of hydrogen-bond acceptors (Lipinski definition) is 4. The Kier molecular flexibility index (Phi) is 3.16. The van der Waals surface area contributed by atoms with Crippen molar-refractivity contribution in [3.8, 4) is 0 Å². The lowest BCUT2D eigenvalue weighted by atomic mass is 9.85. The molecule has 96 valence electrons. The Hall–Kier alpha value is -0.870. The second kappa shape index (κ2) is 4.67. The molecule has 0 saturated heterocycles. The number of thiophene rings is 1. The van der Waals surface area contributed by atoms with E-state index in [1.807, 2.05) is 0 Å². The zero-order valence-electron chi connectivity index (χ0n) is 10.5. The number of alkyl halides is 1. The summed E-state index contributed by atoms with van der Waals surface area (Å²) in [6.45, 7) is 5.24. The fourth-order valence-corrected chi connectivity index (χ4v) is 3.88. The van der Waals surface area contributed by atoms with Crippen LogP contribution >= 0.6 is 22.9 Å². The van der Waals surface area contributed by atoms with Crippen LogP contribution in [0, 0.1) is 19.8 Å². The van der Waals surface area contributed by atoms with E-state index in [1.165, 1.54) is 15.8 Å². The Labute approximate surface area is 116 Å². The van der Waals surface area contributed by atoms with Crippen LogP contribution in [0.25, 0.3) is 10.2 Å². The second-order valence-corrected chi connectivity index (χ2v) is 6.82. The van der Waals surface area contributed by atoms with Crippen LogP contribution in [0.4, 0.5) is 5.82 Å². The van der Waals surface area contributed by atoms with Crippen LogP contribution in [-0.2, 0) is 0 Å². The summed E-state index contributed by atoms with van der Waals surface area (Å²) in [6, 6.07) is 0. The van der Waals surface area contributed by atoms with Gasteiger partial charge in [-0.15, -0.1) is 22.9 Å². The van der Waals surface area contributed by atoms with E-state index in [-0.39, 0.29) is 0 Å². The van der Waals surface area contributed by atoms with Gasteiger partial charge in [0, 0.05) is 16.8 Å². The fourth-order valence-electron chi connectivity index (χ4n) is 2.38. The van der Waals surface area contributed by atoms with Crippen LogP contribution in [0.2, 0.25) is 0 Å². The highest BCUT2D eigenvalue weighted by molar-refractivity contribution is 7.18. The third kappa shape index (κ3) is 2.08. The molecule has 2 aromatic rings.